The van der Waals surface area contributed by atoms with E-state index in [1.54, 1.807) is 10.00 Å². The van der Waals surface area contributed by atoms with Crippen molar-refractivity contribution in [1.82, 2.24) is 9.78 Å². The number of nitrogens with zero attached hydrogens (tertiary/aromatic N) is 2. The molecule has 0 saturated carbocycles. The fourth-order valence-corrected chi connectivity index (χ4v) is 2.70. The van der Waals surface area contributed by atoms with Crippen molar-refractivity contribution >= 4 is 27.5 Å². The highest BCUT2D eigenvalue weighted by Gasteiger charge is 2.23. The van der Waals surface area contributed by atoms with Gasteiger partial charge < -0.3 is 9.73 Å². The van der Waals surface area contributed by atoms with Gasteiger partial charge in [0.2, 0.25) is 0 Å². The summed E-state index contributed by atoms with van der Waals surface area (Å²) in [5.74, 6) is -7.65. The highest BCUT2D eigenvalue weighted by molar-refractivity contribution is 9.10. The van der Waals surface area contributed by atoms with Crippen LogP contribution in [0.25, 0.3) is 0 Å². The molecule has 0 fully saturated rings. The number of furan rings is 1. The molecule has 1 amide bonds. The zero-order valence-electron chi connectivity index (χ0n) is 14.0. The lowest BCUT2D eigenvalue weighted by Gasteiger charge is -2.07. The van der Waals surface area contributed by atoms with Gasteiger partial charge in [0.25, 0.3) is 5.91 Å². The van der Waals surface area contributed by atoms with Crippen LogP contribution in [0.2, 0.25) is 0 Å². The van der Waals surface area contributed by atoms with Crippen molar-refractivity contribution in [3.05, 3.63) is 68.8 Å². The second-order valence-corrected chi connectivity index (χ2v) is 6.50. The number of carbonyl (C=O) groups excluding carboxylic acids is 1. The van der Waals surface area contributed by atoms with E-state index in [4.69, 9.17) is 4.42 Å². The maximum Gasteiger partial charge on any atom is 0.291 e. The van der Waals surface area contributed by atoms with Gasteiger partial charge in [0, 0.05) is 6.07 Å². The Morgan fingerprint density at radius 1 is 1.19 bits per heavy atom. The second kappa shape index (κ2) is 7.18. The van der Waals surface area contributed by atoms with Gasteiger partial charge in [-0.2, -0.15) is 5.10 Å². The molecule has 5 nitrogen and oxygen atoms in total. The molecule has 0 aliphatic heterocycles. The number of anilines is 1. The van der Waals surface area contributed by atoms with Crippen LogP contribution in [0.1, 0.15) is 27.7 Å². The summed E-state index contributed by atoms with van der Waals surface area (Å²) in [5, 5.41) is 6.08. The highest BCUT2D eigenvalue weighted by atomic mass is 79.9. The first-order valence-corrected chi connectivity index (χ1v) is 8.41. The van der Waals surface area contributed by atoms with Crippen LogP contribution in [0.3, 0.4) is 0 Å². The fourth-order valence-electron chi connectivity index (χ4n) is 2.42. The molecule has 0 spiro atoms. The van der Waals surface area contributed by atoms with Crippen molar-refractivity contribution < 1.29 is 26.8 Å². The summed E-state index contributed by atoms with van der Waals surface area (Å²) < 4.78 is 61.6. The first-order chi connectivity index (χ1) is 12.7. The number of benzene rings is 1. The van der Waals surface area contributed by atoms with Crippen LogP contribution >= 0.6 is 15.9 Å². The molecule has 2 heterocycles. The first-order valence-electron chi connectivity index (χ1n) is 7.61. The number of aryl methyl sites for hydroxylation is 1. The summed E-state index contributed by atoms with van der Waals surface area (Å²) in [6, 6.07) is 2.81. The van der Waals surface area contributed by atoms with Crippen LogP contribution in [0.5, 0.6) is 0 Å². The summed E-state index contributed by atoms with van der Waals surface area (Å²) >= 11 is 3.39. The van der Waals surface area contributed by atoms with Crippen LogP contribution in [0.4, 0.5) is 23.2 Å². The monoisotopic (exact) mass is 445 g/mol. The Morgan fingerprint density at radius 3 is 2.37 bits per heavy atom. The molecule has 0 unspecified atom stereocenters. The van der Waals surface area contributed by atoms with Crippen molar-refractivity contribution in [3.8, 4) is 0 Å². The quantitative estimate of drug-likeness (QED) is 0.467. The van der Waals surface area contributed by atoms with Crippen molar-refractivity contribution in [2.75, 3.05) is 5.32 Å². The summed E-state index contributed by atoms with van der Waals surface area (Å²) in [6.45, 7) is 3.86. The highest BCUT2D eigenvalue weighted by Crippen LogP contribution is 2.25. The van der Waals surface area contributed by atoms with Crippen LogP contribution in [0, 0.1) is 37.1 Å². The molecule has 2 aromatic heterocycles. The van der Waals surface area contributed by atoms with Gasteiger partial charge in [0.15, 0.2) is 29.0 Å². The van der Waals surface area contributed by atoms with E-state index in [0.29, 0.717) is 5.76 Å². The van der Waals surface area contributed by atoms with Gasteiger partial charge in [0.1, 0.15) is 11.4 Å². The first kappa shape index (κ1) is 19.2. The Kier molecular flexibility index (Phi) is 5.09. The van der Waals surface area contributed by atoms with E-state index >= 15 is 0 Å². The van der Waals surface area contributed by atoms with Gasteiger partial charge >= 0.3 is 0 Å². The Labute approximate surface area is 159 Å². The van der Waals surface area contributed by atoms with Crippen LogP contribution in [-0.2, 0) is 6.54 Å². The smallest absolute Gasteiger partial charge is 0.291 e. The third-order valence-electron chi connectivity index (χ3n) is 3.83. The van der Waals surface area contributed by atoms with E-state index in [2.05, 4.69) is 21.0 Å². The number of hydrogen-bond donors (Lipinski definition) is 1. The topological polar surface area (TPSA) is 60.1 Å². The number of halogens is 5. The molecule has 0 aliphatic rings. The van der Waals surface area contributed by atoms with Gasteiger partial charge in [-0.25, -0.2) is 17.6 Å². The largest absolute Gasteiger partial charge is 0.454 e. The Balaban J connectivity index is 1.81. The van der Waals surface area contributed by atoms with Gasteiger partial charge in [0.05, 0.1) is 22.4 Å². The number of nitrogens with one attached hydrogen (secondary N) is 1. The number of aromatic nitrogens is 2. The van der Waals surface area contributed by atoms with Gasteiger partial charge in [-0.3, -0.25) is 9.48 Å². The Hall–Kier alpha value is -2.62. The Morgan fingerprint density at radius 2 is 1.81 bits per heavy atom. The molecule has 0 radical (unpaired) electrons. The minimum atomic E-state index is -1.71. The molecule has 1 N–H and O–H groups in total. The lowest BCUT2D eigenvalue weighted by molar-refractivity contribution is 0.0993. The average Bonchev–Trinajstić information content (AvgIpc) is 3.18. The third kappa shape index (κ3) is 3.61. The minimum absolute atomic E-state index is 0.0534. The number of hydrogen-bond acceptors (Lipinski definition) is 3. The molecule has 3 aromatic rings. The number of rotatable bonds is 4. The number of carbonyl (C=O) groups is 1. The van der Waals surface area contributed by atoms with Crippen molar-refractivity contribution in [2.45, 2.75) is 20.4 Å². The van der Waals surface area contributed by atoms with Crippen molar-refractivity contribution in [1.29, 1.82) is 0 Å². The van der Waals surface area contributed by atoms with Crippen molar-refractivity contribution in [3.63, 3.8) is 0 Å². The Bertz CT molecular complexity index is 1020. The predicted octanol–water partition coefficient (Wildman–Crippen LogP) is 4.71. The molecule has 10 heteroatoms. The molecule has 142 valence electrons. The molecule has 0 atom stereocenters. The van der Waals surface area contributed by atoms with Crippen molar-refractivity contribution in [2.24, 2.45) is 0 Å². The van der Waals surface area contributed by atoms with Gasteiger partial charge in [-0.1, -0.05) is 0 Å². The summed E-state index contributed by atoms with van der Waals surface area (Å²) in [4.78, 5) is 12.1. The maximum atomic E-state index is 13.7. The van der Waals surface area contributed by atoms with Gasteiger partial charge in [-0.05, 0) is 41.9 Å². The number of amides is 1. The van der Waals surface area contributed by atoms with E-state index in [0.717, 1.165) is 15.9 Å². The second-order valence-electron chi connectivity index (χ2n) is 5.71. The summed E-state index contributed by atoms with van der Waals surface area (Å²) in [6.07, 6.45) is 0. The lowest BCUT2D eigenvalue weighted by atomic mass is 10.2. The SMILES string of the molecule is Cc1nn(Cc2ccc(C(=O)Nc3c(F)c(F)cc(F)c3F)o2)c(C)c1Br. The van der Waals surface area contributed by atoms with E-state index in [9.17, 15) is 22.4 Å². The zero-order chi connectivity index (χ0) is 19.9. The maximum absolute atomic E-state index is 13.7. The van der Waals surface area contributed by atoms with E-state index in [-0.39, 0.29) is 18.4 Å². The lowest BCUT2D eigenvalue weighted by Crippen LogP contribution is -2.15. The van der Waals surface area contributed by atoms with E-state index in [1.165, 1.54) is 12.1 Å². The van der Waals surface area contributed by atoms with Crippen LogP contribution in [-0.4, -0.2) is 15.7 Å². The molecule has 0 aliphatic carbocycles. The fraction of sp³-hybridized carbons (Fsp3) is 0.176. The van der Waals surface area contributed by atoms with Gasteiger partial charge in [-0.15, -0.1) is 0 Å². The third-order valence-corrected chi connectivity index (χ3v) is 4.98. The standard InChI is InChI=1S/C17H12BrF4N3O2/c1-7-13(18)8(2)25(24-7)6-9-3-4-12(27-9)17(26)23-16-14(21)10(19)5-11(20)15(16)22/h3-5H,6H2,1-2H3,(H,23,26). The van der Waals surface area contributed by atoms with E-state index < -0.39 is 34.9 Å². The average molecular weight is 446 g/mol. The molecule has 3 rings (SSSR count). The summed E-state index contributed by atoms with van der Waals surface area (Å²) in [5.41, 5.74) is 0.392. The normalized spacial score (nSPS) is 11.1. The predicted molar refractivity (Wildman–Crippen MR) is 91.4 cm³/mol. The zero-order valence-corrected chi connectivity index (χ0v) is 15.6. The molecular weight excluding hydrogens is 434 g/mol. The van der Waals surface area contributed by atoms with Crippen LogP contribution in [0.15, 0.2) is 27.1 Å². The minimum Gasteiger partial charge on any atom is -0.454 e. The molecule has 1 aromatic carbocycles. The molecule has 0 bridgehead atoms. The molecule has 0 saturated heterocycles. The van der Waals surface area contributed by atoms with E-state index in [1.807, 2.05) is 13.8 Å². The molecule has 27 heavy (non-hydrogen) atoms. The summed E-state index contributed by atoms with van der Waals surface area (Å²) in [7, 11) is 0. The van der Waals surface area contributed by atoms with Crippen LogP contribution < -0.4 is 5.32 Å². The molecular formula is C17H12BrF4N3O2.